The van der Waals surface area contributed by atoms with E-state index in [1.807, 2.05) is 24.1 Å². The van der Waals surface area contributed by atoms with Crippen molar-refractivity contribution >= 4 is 11.8 Å². The highest BCUT2D eigenvalue weighted by atomic mass is 16.4. The van der Waals surface area contributed by atoms with Gasteiger partial charge in [0.05, 0.1) is 12.1 Å². The molecule has 1 aromatic rings. The van der Waals surface area contributed by atoms with Crippen LogP contribution in [0.5, 0.6) is 0 Å². The molecule has 0 atom stereocenters. The van der Waals surface area contributed by atoms with Crippen LogP contribution in [0.2, 0.25) is 0 Å². The summed E-state index contributed by atoms with van der Waals surface area (Å²) in [6, 6.07) is 3.98. The number of rotatable bonds is 5. The molecule has 1 N–H and O–H groups in total. The number of carbonyl (C=O) groups is 1. The molecule has 1 saturated carbocycles. The predicted octanol–water partition coefficient (Wildman–Crippen LogP) is 2.44. The summed E-state index contributed by atoms with van der Waals surface area (Å²) in [7, 11) is 1.84. The van der Waals surface area contributed by atoms with Crippen LogP contribution in [0.3, 0.4) is 0 Å². The third-order valence-electron chi connectivity index (χ3n) is 3.75. The van der Waals surface area contributed by atoms with Crippen molar-refractivity contribution in [2.24, 2.45) is 0 Å². The molecule has 1 heterocycles. The molecule has 0 aromatic carbocycles. The fourth-order valence-electron chi connectivity index (χ4n) is 2.53. The second-order valence-electron chi connectivity index (χ2n) is 5.22. The smallest absolute Gasteiger partial charge is 0.305 e. The molecule has 2 rings (SSSR count). The second-order valence-corrected chi connectivity index (χ2v) is 5.22. The molecule has 104 valence electrons. The van der Waals surface area contributed by atoms with Gasteiger partial charge in [-0.25, -0.2) is 0 Å². The van der Waals surface area contributed by atoms with E-state index < -0.39 is 5.97 Å². The Hall–Kier alpha value is -1.65. The first kappa shape index (κ1) is 13.8. The topological polar surface area (TPSA) is 66.3 Å². The second kappa shape index (κ2) is 6.50. The molecule has 0 bridgehead atoms. The van der Waals surface area contributed by atoms with Crippen molar-refractivity contribution in [3.8, 4) is 0 Å². The molecule has 0 aliphatic heterocycles. The number of nitrogens with zero attached hydrogens (tertiary/aromatic N) is 3. The number of hydrogen-bond donors (Lipinski definition) is 1. The van der Waals surface area contributed by atoms with Gasteiger partial charge in [-0.15, -0.1) is 5.10 Å². The van der Waals surface area contributed by atoms with Crippen molar-refractivity contribution < 1.29 is 9.90 Å². The normalized spacial score (nSPS) is 16.3. The average molecular weight is 263 g/mol. The minimum absolute atomic E-state index is 0.114. The lowest BCUT2D eigenvalue weighted by molar-refractivity contribution is -0.136. The zero-order valence-corrected chi connectivity index (χ0v) is 11.4. The molecule has 1 aromatic heterocycles. The first-order valence-electron chi connectivity index (χ1n) is 6.93. The summed E-state index contributed by atoms with van der Waals surface area (Å²) in [5, 5.41) is 17.2. The zero-order chi connectivity index (χ0) is 13.7. The SMILES string of the molecule is CN(CCC(=O)O)c1ccc(C2CCCCC2)nn1. The van der Waals surface area contributed by atoms with Gasteiger partial charge in [-0.3, -0.25) is 4.79 Å². The fraction of sp³-hybridized carbons (Fsp3) is 0.643. The molecule has 5 nitrogen and oxygen atoms in total. The van der Waals surface area contributed by atoms with Crippen molar-refractivity contribution in [3.05, 3.63) is 17.8 Å². The Morgan fingerprint density at radius 3 is 2.63 bits per heavy atom. The summed E-state index contributed by atoms with van der Waals surface area (Å²) < 4.78 is 0. The van der Waals surface area contributed by atoms with Crippen LogP contribution in [0.4, 0.5) is 5.82 Å². The molecular weight excluding hydrogens is 242 g/mol. The summed E-state index contributed by atoms with van der Waals surface area (Å²) in [6.07, 6.45) is 6.44. The van der Waals surface area contributed by atoms with E-state index in [1.54, 1.807) is 0 Å². The summed E-state index contributed by atoms with van der Waals surface area (Å²) in [5.74, 6) is 0.499. The Morgan fingerprint density at radius 1 is 1.32 bits per heavy atom. The number of carboxylic acids is 1. The van der Waals surface area contributed by atoms with E-state index in [1.165, 1.54) is 32.1 Å². The van der Waals surface area contributed by atoms with E-state index in [0.29, 0.717) is 12.5 Å². The van der Waals surface area contributed by atoms with Crippen molar-refractivity contribution in [2.75, 3.05) is 18.5 Å². The first-order valence-corrected chi connectivity index (χ1v) is 6.93. The quantitative estimate of drug-likeness (QED) is 0.883. The average Bonchev–Trinajstić information content (AvgIpc) is 2.46. The lowest BCUT2D eigenvalue weighted by atomic mass is 9.87. The minimum atomic E-state index is -0.793. The molecule has 1 fully saturated rings. The van der Waals surface area contributed by atoms with Gasteiger partial charge in [-0.05, 0) is 25.0 Å². The summed E-state index contributed by atoms with van der Waals surface area (Å²) in [4.78, 5) is 12.4. The van der Waals surface area contributed by atoms with Crippen molar-refractivity contribution in [1.82, 2.24) is 10.2 Å². The van der Waals surface area contributed by atoms with Crippen molar-refractivity contribution in [2.45, 2.75) is 44.4 Å². The van der Waals surface area contributed by atoms with E-state index in [-0.39, 0.29) is 6.42 Å². The van der Waals surface area contributed by atoms with Crippen LogP contribution in [0.1, 0.15) is 50.1 Å². The molecular formula is C14H21N3O2. The van der Waals surface area contributed by atoms with E-state index in [9.17, 15) is 4.79 Å². The molecule has 1 aliphatic carbocycles. The van der Waals surface area contributed by atoms with Crippen LogP contribution in [0.25, 0.3) is 0 Å². The van der Waals surface area contributed by atoms with Gasteiger partial charge in [-0.1, -0.05) is 19.3 Å². The van der Waals surface area contributed by atoms with E-state index in [2.05, 4.69) is 10.2 Å². The number of aromatic nitrogens is 2. The summed E-state index contributed by atoms with van der Waals surface area (Å²) in [6.45, 7) is 0.451. The standard InChI is InChI=1S/C14H21N3O2/c1-17(10-9-14(18)19)13-8-7-12(15-16-13)11-5-3-2-4-6-11/h7-8,11H,2-6,9-10H2,1H3,(H,18,19). The van der Waals surface area contributed by atoms with Gasteiger partial charge in [0, 0.05) is 19.5 Å². The van der Waals surface area contributed by atoms with E-state index in [0.717, 1.165) is 11.5 Å². The Morgan fingerprint density at radius 2 is 2.05 bits per heavy atom. The van der Waals surface area contributed by atoms with Gasteiger partial charge in [0.15, 0.2) is 5.82 Å². The molecule has 0 amide bonds. The lowest BCUT2D eigenvalue weighted by Crippen LogP contribution is -2.22. The largest absolute Gasteiger partial charge is 0.481 e. The van der Waals surface area contributed by atoms with Gasteiger partial charge < -0.3 is 10.0 Å². The maximum Gasteiger partial charge on any atom is 0.305 e. The molecule has 5 heteroatoms. The van der Waals surface area contributed by atoms with Crippen molar-refractivity contribution in [3.63, 3.8) is 0 Å². The third-order valence-corrected chi connectivity index (χ3v) is 3.75. The zero-order valence-electron chi connectivity index (χ0n) is 11.4. The van der Waals surface area contributed by atoms with Crippen LogP contribution >= 0.6 is 0 Å². The first-order chi connectivity index (χ1) is 9.16. The highest BCUT2D eigenvalue weighted by Gasteiger charge is 2.17. The Bertz CT molecular complexity index is 413. The van der Waals surface area contributed by atoms with Gasteiger partial charge >= 0.3 is 5.97 Å². The highest BCUT2D eigenvalue weighted by Crippen LogP contribution is 2.31. The van der Waals surface area contributed by atoms with Gasteiger partial charge in [0.25, 0.3) is 0 Å². The molecule has 1 aliphatic rings. The fourth-order valence-corrected chi connectivity index (χ4v) is 2.53. The van der Waals surface area contributed by atoms with Crippen molar-refractivity contribution in [1.29, 1.82) is 0 Å². The predicted molar refractivity (Wildman–Crippen MR) is 73.4 cm³/mol. The molecule has 19 heavy (non-hydrogen) atoms. The molecule has 0 unspecified atom stereocenters. The van der Waals surface area contributed by atoms with E-state index >= 15 is 0 Å². The van der Waals surface area contributed by atoms with Gasteiger partial charge in [-0.2, -0.15) is 5.10 Å². The Balaban J connectivity index is 1.95. The number of hydrogen-bond acceptors (Lipinski definition) is 4. The van der Waals surface area contributed by atoms with Crippen LogP contribution < -0.4 is 4.90 Å². The summed E-state index contributed by atoms with van der Waals surface area (Å²) >= 11 is 0. The van der Waals surface area contributed by atoms with Crippen LogP contribution in [-0.2, 0) is 4.79 Å². The minimum Gasteiger partial charge on any atom is -0.481 e. The number of anilines is 1. The monoisotopic (exact) mass is 263 g/mol. The van der Waals surface area contributed by atoms with Gasteiger partial charge in [0.1, 0.15) is 0 Å². The number of carboxylic acid groups (broad SMARTS) is 1. The molecule has 0 saturated heterocycles. The highest BCUT2D eigenvalue weighted by molar-refractivity contribution is 5.67. The lowest BCUT2D eigenvalue weighted by Gasteiger charge is -2.21. The maximum absolute atomic E-state index is 10.5. The number of aliphatic carboxylic acids is 1. The Labute approximate surface area is 113 Å². The Kier molecular flexibility index (Phi) is 4.71. The van der Waals surface area contributed by atoms with E-state index in [4.69, 9.17) is 5.11 Å². The van der Waals surface area contributed by atoms with Crippen LogP contribution in [0.15, 0.2) is 12.1 Å². The van der Waals surface area contributed by atoms with Crippen LogP contribution in [0, 0.1) is 0 Å². The van der Waals surface area contributed by atoms with Crippen LogP contribution in [-0.4, -0.2) is 34.9 Å². The van der Waals surface area contributed by atoms with Gasteiger partial charge in [0.2, 0.25) is 0 Å². The summed E-state index contributed by atoms with van der Waals surface area (Å²) in [5.41, 5.74) is 1.08. The molecule has 0 radical (unpaired) electrons. The third kappa shape index (κ3) is 3.91. The maximum atomic E-state index is 10.5. The molecule has 0 spiro atoms.